The summed E-state index contributed by atoms with van der Waals surface area (Å²) in [5.41, 5.74) is 4.73. The standard InChI is InChI=1S/C17H16ClN3/c18-12-9-8-11-4-3-7-14(13(11)10-12)19-17-20-15-5-1-2-6-16(15)21-17/h1-2,5-6,8-10,14H,3-4,7H2,(H2,19,20,21)/t14-/m0/s1. The highest BCUT2D eigenvalue weighted by atomic mass is 35.5. The Balaban J connectivity index is 1.67. The van der Waals surface area contributed by atoms with Gasteiger partial charge in [-0.15, -0.1) is 0 Å². The largest absolute Gasteiger partial charge is 0.349 e. The third-order valence-electron chi connectivity index (χ3n) is 4.12. The van der Waals surface area contributed by atoms with E-state index in [1.807, 2.05) is 30.3 Å². The van der Waals surface area contributed by atoms with Gasteiger partial charge in [-0.25, -0.2) is 4.98 Å². The average Bonchev–Trinajstić information content (AvgIpc) is 2.90. The van der Waals surface area contributed by atoms with Crippen LogP contribution in [0.3, 0.4) is 0 Å². The Morgan fingerprint density at radius 3 is 3.00 bits per heavy atom. The number of anilines is 1. The van der Waals surface area contributed by atoms with Gasteiger partial charge in [-0.2, -0.15) is 0 Å². The predicted octanol–water partition coefficient (Wildman–Crippen LogP) is 4.71. The lowest BCUT2D eigenvalue weighted by Gasteiger charge is -2.26. The summed E-state index contributed by atoms with van der Waals surface area (Å²) in [6.07, 6.45) is 3.42. The third kappa shape index (κ3) is 2.38. The zero-order chi connectivity index (χ0) is 14.2. The molecule has 1 aliphatic carbocycles. The number of fused-ring (bicyclic) bond motifs is 2. The molecule has 1 heterocycles. The number of hydrogen-bond donors (Lipinski definition) is 2. The molecule has 1 atom stereocenters. The number of benzene rings is 2. The molecule has 2 N–H and O–H groups in total. The van der Waals surface area contributed by atoms with Crippen molar-refractivity contribution in [2.24, 2.45) is 0 Å². The van der Waals surface area contributed by atoms with Crippen LogP contribution in [0.25, 0.3) is 11.0 Å². The average molecular weight is 298 g/mol. The van der Waals surface area contributed by atoms with Crippen molar-refractivity contribution in [2.45, 2.75) is 25.3 Å². The van der Waals surface area contributed by atoms with E-state index in [4.69, 9.17) is 11.6 Å². The zero-order valence-corrected chi connectivity index (χ0v) is 12.3. The van der Waals surface area contributed by atoms with Gasteiger partial charge >= 0.3 is 0 Å². The molecule has 0 amide bonds. The minimum absolute atomic E-state index is 0.271. The number of imidazole rings is 1. The number of nitrogens with zero attached hydrogens (tertiary/aromatic N) is 1. The second-order valence-electron chi connectivity index (χ2n) is 5.53. The van der Waals surface area contributed by atoms with Gasteiger partial charge in [0.2, 0.25) is 5.95 Å². The van der Waals surface area contributed by atoms with E-state index in [0.29, 0.717) is 0 Å². The molecule has 21 heavy (non-hydrogen) atoms. The Labute approximate surface area is 128 Å². The van der Waals surface area contributed by atoms with Crippen LogP contribution in [-0.4, -0.2) is 9.97 Å². The van der Waals surface area contributed by atoms with Crippen molar-refractivity contribution in [2.75, 3.05) is 5.32 Å². The van der Waals surface area contributed by atoms with Crippen LogP contribution in [0.2, 0.25) is 5.02 Å². The molecule has 3 nitrogen and oxygen atoms in total. The van der Waals surface area contributed by atoms with Crippen molar-refractivity contribution in [1.29, 1.82) is 0 Å². The van der Waals surface area contributed by atoms with Gasteiger partial charge in [-0.3, -0.25) is 0 Å². The van der Waals surface area contributed by atoms with E-state index in [9.17, 15) is 0 Å². The molecular weight excluding hydrogens is 282 g/mol. The first-order chi connectivity index (χ1) is 10.3. The molecule has 0 unspecified atom stereocenters. The highest BCUT2D eigenvalue weighted by molar-refractivity contribution is 6.30. The van der Waals surface area contributed by atoms with Gasteiger partial charge in [-0.1, -0.05) is 29.8 Å². The summed E-state index contributed by atoms with van der Waals surface area (Å²) in [6, 6.07) is 14.5. The van der Waals surface area contributed by atoms with Crippen molar-refractivity contribution in [3.05, 3.63) is 58.6 Å². The SMILES string of the molecule is Clc1ccc2c(c1)[C@@H](Nc1nc3ccccc3[nH]1)CCC2. The minimum Gasteiger partial charge on any atom is -0.349 e. The lowest BCUT2D eigenvalue weighted by molar-refractivity contribution is 0.597. The summed E-state index contributed by atoms with van der Waals surface area (Å²) in [4.78, 5) is 7.94. The molecule has 0 saturated heterocycles. The van der Waals surface area contributed by atoms with E-state index in [1.54, 1.807) is 0 Å². The number of aryl methyl sites for hydroxylation is 1. The van der Waals surface area contributed by atoms with Crippen LogP contribution >= 0.6 is 11.6 Å². The summed E-state index contributed by atoms with van der Waals surface area (Å²) < 4.78 is 0. The van der Waals surface area contributed by atoms with Crippen LogP contribution in [0.1, 0.15) is 30.0 Å². The number of aromatic amines is 1. The highest BCUT2D eigenvalue weighted by Crippen LogP contribution is 2.33. The molecule has 1 aromatic heterocycles. The predicted molar refractivity (Wildman–Crippen MR) is 86.8 cm³/mol. The number of aromatic nitrogens is 2. The second-order valence-corrected chi connectivity index (χ2v) is 5.97. The van der Waals surface area contributed by atoms with Gasteiger partial charge in [-0.05, 0) is 54.7 Å². The molecular formula is C17H16ClN3. The maximum Gasteiger partial charge on any atom is 0.201 e. The Morgan fingerprint density at radius 2 is 2.10 bits per heavy atom. The zero-order valence-electron chi connectivity index (χ0n) is 11.6. The Hall–Kier alpha value is -2.00. The van der Waals surface area contributed by atoms with Gasteiger partial charge in [0.15, 0.2) is 0 Å². The quantitative estimate of drug-likeness (QED) is 0.719. The molecule has 0 radical (unpaired) electrons. The number of hydrogen-bond acceptors (Lipinski definition) is 2. The summed E-state index contributed by atoms with van der Waals surface area (Å²) in [7, 11) is 0. The van der Waals surface area contributed by atoms with Crippen LogP contribution in [-0.2, 0) is 6.42 Å². The first kappa shape index (κ1) is 12.7. The van der Waals surface area contributed by atoms with Gasteiger partial charge in [0.1, 0.15) is 0 Å². The summed E-state index contributed by atoms with van der Waals surface area (Å²) in [6.45, 7) is 0. The normalized spacial score (nSPS) is 17.7. The molecule has 0 saturated carbocycles. The number of para-hydroxylation sites is 2. The fraction of sp³-hybridized carbons (Fsp3) is 0.235. The van der Waals surface area contributed by atoms with Crippen LogP contribution in [0, 0.1) is 0 Å². The minimum atomic E-state index is 0.271. The molecule has 0 spiro atoms. The smallest absolute Gasteiger partial charge is 0.201 e. The van der Waals surface area contributed by atoms with Crippen molar-refractivity contribution >= 4 is 28.6 Å². The number of halogens is 1. The molecule has 0 fully saturated rings. The number of rotatable bonds is 2. The first-order valence-corrected chi connectivity index (χ1v) is 7.67. The molecule has 1 aliphatic rings. The second kappa shape index (κ2) is 5.08. The van der Waals surface area contributed by atoms with Gasteiger partial charge < -0.3 is 10.3 Å². The van der Waals surface area contributed by atoms with Crippen LogP contribution < -0.4 is 5.32 Å². The van der Waals surface area contributed by atoms with Crippen molar-refractivity contribution in [3.63, 3.8) is 0 Å². The first-order valence-electron chi connectivity index (χ1n) is 7.29. The summed E-state index contributed by atoms with van der Waals surface area (Å²) >= 11 is 6.16. The van der Waals surface area contributed by atoms with Crippen LogP contribution in [0.4, 0.5) is 5.95 Å². The molecule has 3 aromatic rings. The summed E-state index contributed by atoms with van der Waals surface area (Å²) in [5.74, 6) is 0.828. The van der Waals surface area contributed by atoms with E-state index >= 15 is 0 Å². The monoisotopic (exact) mass is 297 g/mol. The Bertz CT molecular complexity index is 761. The molecule has 4 heteroatoms. The van der Waals surface area contributed by atoms with Gasteiger partial charge in [0, 0.05) is 5.02 Å². The van der Waals surface area contributed by atoms with Gasteiger partial charge in [0.25, 0.3) is 0 Å². The van der Waals surface area contributed by atoms with Crippen molar-refractivity contribution in [3.8, 4) is 0 Å². The van der Waals surface area contributed by atoms with Crippen molar-refractivity contribution in [1.82, 2.24) is 9.97 Å². The topological polar surface area (TPSA) is 40.7 Å². The molecule has 106 valence electrons. The van der Waals surface area contributed by atoms with Crippen molar-refractivity contribution < 1.29 is 0 Å². The third-order valence-corrected chi connectivity index (χ3v) is 4.36. The number of nitrogens with one attached hydrogen (secondary N) is 2. The Morgan fingerprint density at radius 1 is 1.19 bits per heavy atom. The van der Waals surface area contributed by atoms with Gasteiger partial charge in [0.05, 0.1) is 17.1 Å². The summed E-state index contributed by atoms with van der Waals surface area (Å²) in [5, 5.41) is 4.33. The fourth-order valence-electron chi connectivity index (χ4n) is 3.11. The highest BCUT2D eigenvalue weighted by Gasteiger charge is 2.21. The fourth-order valence-corrected chi connectivity index (χ4v) is 3.29. The van der Waals surface area contributed by atoms with E-state index < -0.39 is 0 Å². The molecule has 0 bridgehead atoms. The maximum absolute atomic E-state index is 6.16. The van der Waals surface area contributed by atoms with E-state index in [1.165, 1.54) is 17.5 Å². The van der Waals surface area contributed by atoms with Crippen LogP contribution in [0.5, 0.6) is 0 Å². The maximum atomic E-state index is 6.16. The molecule has 0 aliphatic heterocycles. The Kier molecular flexibility index (Phi) is 3.08. The lowest BCUT2D eigenvalue weighted by atomic mass is 9.88. The number of H-pyrrole nitrogens is 1. The molecule has 2 aromatic carbocycles. The molecule has 4 rings (SSSR count). The van der Waals surface area contributed by atoms with E-state index in [-0.39, 0.29) is 6.04 Å². The van der Waals surface area contributed by atoms with E-state index in [2.05, 4.69) is 27.4 Å². The lowest BCUT2D eigenvalue weighted by Crippen LogP contribution is -2.18. The van der Waals surface area contributed by atoms with Crippen LogP contribution in [0.15, 0.2) is 42.5 Å². The van der Waals surface area contributed by atoms with E-state index in [0.717, 1.165) is 34.8 Å².